The Morgan fingerprint density at radius 3 is 2.12 bits per heavy atom. The van der Waals surface area contributed by atoms with Gasteiger partial charge in [0.15, 0.2) is 0 Å². The van der Waals surface area contributed by atoms with Crippen molar-refractivity contribution in [2.75, 3.05) is 0 Å². The normalized spacial score (nSPS) is 15.5. The molecule has 1 aliphatic carbocycles. The molecule has 0 fully saturated rings. The zero-order valence-electron chi connectivity index (χ0n) is 11.2. The van der Waals surface area contributed by atoms with E-state index in [0.29, 0.717) is 5.73 Å². The molecule has 1 nitrogen and oxygen atoms in total. The van der Waals surface area contributed by atoms with Crippen LogP contribution in [0.1, 0.15) is 27.2 Å². The number of ether oxygens (including phenoxy) is 1. The van der Waals surface area contributed by atoms with Gasteiger partial charge in [-0.25, -0.2) is 6.08 Å². The van der Waals surface area contributed by atoms with Crippen LogP contribution in [-0.2, 0) is 26.5 Å². The number of rotatable bonds is 3. The molecule has 0 aliphatic heterocycles. The summed E-state index contributed by atoms with van der Waals surface area (Å²) in [5.74, 6) is 0. The topological polar surface area (TPSA) is 9.23 Å². The molecule has 0 heterocycles. The van der Waals surface area contributed by atoms with E-state index >= 15 is 0 Å². The van der Waals surface area contributed by atoms with E-state index in [2.05, 4.69) is 52.1 Å². The molecule has 5 heteroatoms. The minimum atomic E-state index is -0.811. The summed E-state index contributed by atoms with van der Waals surface area (Å²) in [5.41, 5.74) is 1.56. The van der Waals surface area contributed by atoms with Crippen molar-refractivity contribution >= 4 is 8.80 Å². The molecule has 1 atom stereocenters. The van der Waals surface area contributed by atoms with Crippen LogP contribution in [0.15, 0.2) is 17.7 Å². The van der Waals surface area contributed by atoms with Crippen molar-refractivity contribution in [3.63, 3.8) is 0 Å². The molecular formula is C12H21Cl2OSiTi. The van der Waals surface area contributed by atoms with E-state index in [1.807, 2.05) is 0 Å². The van der Waals surface area contributed by atoms with Gasteiger partial charge in [0.25, 0.3) is 0 Å². The van der Waals surface area contributed by atoms with E-state index in [4.69, 9.17) is 4.74 Å². The molecule has 97 valence electrons. The Kier molecular flexibility index (Phi) is 13.3. The van der Waals surface area contributed by atoms with E-state index < -0.39 is 8.80 Å². The second kappa shape index (κ2) is 9.83. The Bertz CT molecular complexity index is 260. The van der Waals surface area contributed by atoms with Gasteiger partial charge in [0.05, 0.1) is 14.4 Å². The van der Waals surface area contributed by atoms with Crippen LogP contribution in [0.2, 0.25) is 13.1 Å². The fourth-order valence-electron chi connectivity index (χ4n) is 1.56. The van der Waals surface area contributed by atoms with Gasteiger partial charge in [-0.3, -0.25) is 6.08 Å². The van der Waals surface area contributed by atoms with Gasteiger partial charge in [-0.05, 0) is 20.8 Å². The summed E-state index contributed by atoms with van der Waals surface area (Å²) in [6.45, 7) is 11.0. The second-order valence-electron chi connectivity index (χ2n) is 5.13. The molecule has 1 radical (unpaired) electrons. The maximum atomic E-state index is 6.09. The van der Waals surface area contributed by atoms with Crippen LogP contribution in [-0.4, -0.2) is 20.1 Å². The van der Waals surface area contributed by atoms with Crippen LogP contribution in [0.4, 0.5) is 0 Å². The predicted octanol–water partition coefficient (Wildman–Crippen LogP) is -3.11. The number of halogens is 2. The van der Waals surface area contributed by atoms with Crippen molar-refractivity contribution in [1.82, 2.24) is 0 Å². The third kappa shape index (κ3) is 8.63. The number of allylic oxidation sites excluding steroid dienone is 2. The summed E-state index contributed by atoms with van der Waals surface area (Å²) in [7, 11) is -0.811. The summed E-state index contributed by atoms with van der Waals surface area (Å²) in [6, 6.07) is 0. The first-order chi connectivity index (χ1) is 6.40. The fraction of sp³-hybridized carbons (Fsp3) is 0.667. The van der Waals surface area contributed by atoms with Gasteiger partial charge in [-0.2, -0.15) is 11.6 Å². The van der Waals surface area contributed by atoms with Gasteiger partial charge in [0.1, 0.15) is 0 Å². The SMILES string of the molecule is C[SiH](C)C(OC(C)(C)C)C1=[C-]CC=C1.[Cl-].[Cl-].[Ti+3]. The van der Waals surface area contributed by atoms with Crippen molar-refractivity contribution in [2.45, 2.75) is 51.6 Å². The van der Waals surface area contributed by atoms with Gasteiger partial charge < -0.3 is 29.6 Å². The molecule has 0 amide bonds. The van der Waals surface area contributed by atoms with Crippen molar-refractivity contribution < 1.29 is 51.3 Å². The molecule has 0 aromatic heterocycles. The molecule has 1 aliphatic rings. The van der Waals surface area contributed by atoms with E-state index in [1.165, 1.54) is 5.57 Å². The summed E-state index contributed by atoms with van der Waals surface area (Å²) in [4.78, 5) is 0. The minimum Gasteiger partial charge on any atom is -1.00 e. The summed E-state index contributed by atoms with van der Waals surface area (Å²) in [5, 5.41) is 0. The predicted molar refractivity (Wildman–Crippen MR) is 64.0 cm³/mol. The molecule has 1 unspecified atom stereocenters. The van der Waals surface area contributed by atoms with Crippen molar-refractivity contribution in [3.8, 4) is 0 Å². The zero-order valence-corrected chi connectivity index (χ0v) is 15.4. The smallest absolute Gasteiger partial charge is 1.00 e. The Morgan fingerprint density at radius 1 is 1.29 bits per heavy atom. The largest absolute Gasteiger partial charge is 3.00 e. The fourth-order valence-corrected chi connectivity index (χ4v) is 3.18. The molecule has 0 saturated heterocycles. The van der Waals surface area contributed by atoms with E-state index in [9.17, 15) is 0 Å². The van der Waals surface area contributed by atoms with Crippen LogP contribution in [0.25, 0.3) is 0 Å². The molecule has 0 spiro atoms. The summed E-state index contributed by atoms with van der Waals surface area (Å²) >= 11 is 0. The van der Waals surface area contributed by atoms with E-state index in [1.54, 1.807) is 0 Å². The van der Waals surface area contributed by atoms with Crippen molar-refractivity contribution in [2.24, 2.45) is 0 Å². The molecule has 0 aromatic carbocycles. The Hall–Kier alpha value is 0.951. The van der Waals surface area contributed by atoms with Crippen LogP contribution in [0.3, 0.4) is 0 Å². The first kappa shape index (κ1) is 23.1. The van der Waals surface area contributed by atoms with Crippen LogP contribution in [0, 0.1) is 6.08 Å². The molecule has 17 heavy (non-hydrogen) atoms. The Balaban J connectivity index is -0.000000653. The second-order valence-corrected chi connectivity index (χ2v) is 8.23. The van der Waals surface area contributed by atoms with Crippen LogP contribution < -0.4 is 24.8 Å². The van der Waals surface area contributed by atoms with E-state index in [-0.39, 0.29) is 52.1 Å². The molecule has 1 rings (SSSR count). The van der Waals surface area contributed by atoms with Crippen molar-refractivity contribution in [1.29, 1.82) is 0 Å². The average molecular weight is 328 g/mol. The Labute approximate surface area is 135 Å². The Morgan fingerprint density at radius 2 is 1.82 bits per heavy atom. The minimum absolute atomic E-state index is 0. The molecule has 0 N–H and O–H groups in total. The number of hydrogen-bond acceptors (Lipinski definition) is 1. The quantitative estimate of drug-likeness (QED) is 0.394. The molecule has 0 bridgehead atoms. The number of hydrogen-bond donors (Lipinski definition) is 0. The van der Waals surface area contributed by atoms with Gasteiger partial charge in [-0.1, -0.05) is 13.1 Å². The maximum absolute atomic E-state index is 6.09. The first-order valence-corrected chi connectivity index (χ1v) is 8.33. The molecule has 0 saturated carbocycles. The zero-order chi connectivity index (χ0) is 10.8. The monoisotopic (exact) mass is 327 g/mol. The van der Waals surface area contributed by atoms with Gasteiger partial charge in [0, 0.05) is 5.73 Å². The molecular weight excluding hydrogens is 307 g/mol. The summed E-state index contributed by atoms with van der Waals surface area (Å²) in [6.07, 6.45) is 8.66. The summed E-state index contributed by atoms with van der Waals surface area (Å²) < 4.78 is 6.09. The first-order valence-electron chi connectivity index (χ1n) is 5.35. The average Bonchev–Trinajstić information content (AvgIpc) is 2.49. The van der Waals surface area contributed by atoms with Gasteiger partial charge in [0.2, 0.25) is 0 Å². The van der Waals surface area contributed by atoms with Gasteiger partial charge >= 0.3 is 21.7 Å². The van der Waals surface area contributed by atoms with Crippen molar-refractivity contribution in [3.05, 3.63) is 23.8 Å². The molecule has 0 aromatic rings. The van der Waals surface area contributed by atoms with E-state index in [0.717, 1.165) is 6.42 Å². The van der Waals surface area contributed by atoms with Crippen LogP contribution >= 0.6 is 0 Å². The van der Waals surface area contributed by atoms with Gasteiger partial charge in [-0.15, -0.1) is 6.42 Å². The third-order valence-corrected chi connectivity index (χ3v) is 3.82. The van der Waals surface area contributed by atoms with Crippen LogP contribution in [0.5, 0.6) is 0 Å². The maximum Gasteiger partial charge on any atom is 3.00 e. The third-order valence-electron chi connectivity index (χ3n) is 2.11. The standard InChI is InChI=1S/C12H21OSi.2ClH.Ti/c1-12(2,3)13-11(14(4)5)10-8-6-7-9-10;;;/h6,8,11,14H,7H2,1-5H3;2*1H;/q-1;;;+3/p-2.